The van der Waals surface area contributed by atoms with Gasteiger partial charge in [-0.3, -0.25) is 0 Å². The number of hydrogen-bond acceptors (Lipinski definition) is 0. The second-order valence-corrected chi connectivity index (χ2v) is 5.15. The van der Waals surface area contributed by atoms with Gasteiger partial charge in [-0.05, 0) is 52.1 Å². The molecule has 0 aliphatic heterocycles. The molecule has 0 fully saturated rings. The van der Waals surface area contributed by atoms with Gasteiger partial charge in [0, 0.05) is 0 Å². The Labute approximate surface area is 118 Å². The Morgan fingerprint density at radius 3 is 2.20 bits per heavy atom. The smallest absolute Gasteiger partial charge is 0.123 e. The van der Waals surface area contributed by atoms with Crippen LogP contribution in [0.3, 0.4) is 0 Å². The molecule has 3 rings (SSSR count). The second-order valence-electron chi connectivity index (χ2n) is 5.15. The minimum atomic E-state index is -0.195. The van der Waals surface area contributed by atoms with Crippen molar-refractivity contribution in [2.24, 2.45) is 0 Å². The summed E-state index contributed by atoms with van der Waals surface area (Å²) in [5.41, 5.74) is 3.55. The van der Waals surface area contributed by atoms with Gasteiger partial charge < -0.3 is 0 Å². The topological polar surface area (TPSA) is 0 Å². The first-order valence-electron chi connectivity index (χ1n) is 7.05. The third kappa shape index (κ3) is 2.57. The lowest BCUT2D eigenvalue weighted by Crippen LogP contribution is -1.84. The molecule has 3 aromatic rings. The van der Waals surface area contributed by atoms with Gasteiger partial charge in [-0.15, -0.1) is 0 Å². The molecule has 100 valence electrons. The molecule has 0 aliphatic rings. The van der Waals surface area contributed by atoms with Gasteiger partial charge in [-0.1, -0.05) is 55.8 Å². The first kappa shape index (κ1) is 12.9. The standard InChI is InChI=1S/C19H17F/c1-2-3-14-4-5-16-6-7-17(13-18(16)12-14)15-8-10-19(20)11-9-15/h4-13H,2-3H2,1H3. The molecule has 1 heteroatoms. The summed E-state index contributed by atoms with van der Waals surface area (Å²) in [7, 11) is 0. The van der Waals surface area contributed by atoms with Crippen molar-refractivity contribution in [3.63, 3.8) is 0 Å². The zero-order chi connectivity index (χ0) is 13.9. The van der Waals surface area contributed by atoms with Crippen molar-refractivity contribution >= 4 is 10.8 Å². The van der Waals surface area contributed by atoms with E-state index in [-0.39, 0.29) is 5.82 Å². The summed E-state index contributed by atoms with van der Waals surface area (Å²) in [5, 5.41) is 2.49. The minimum absolute atomic E-state index is 0.195. The molecule has 0 aromatic heterocycles. The molecule has 3 aromatic carbocycles. The van der Waals surface area contributed by atoms with Gasteiger partial charge in [0.1, 0.15) is 5.82 Å². The Bertz CT molecular complexity index is 726. The van der Waals surface area contributed by atoms with E-state index < -0.39 is 0 Å². The molecule has 0 heterocycles. The summed E-state index contributed by atoms with van der Waals surface area (Å²) >= 11 is 0. The summed E-state index contributed by atoms with van der Waals surface area (Å²) in [6, 6.07) is 19.7. The Balaban J connectivity index is 2.06. The highest BCUT2D eigenvalue weighted by Crippen LogP contribution is 2.25. The summed E-state index contributed by atoms with van der Waals surface area (Å²) < 4.78 is 13.0. The van der Waals surface area contributed by atoms with E-state index in [0.717, 1.165) is 24.0 Å². The van der Waals surface area contributed by atoms with Crippen molar-refractivity contribution in [2.75, 3.05) is 0 Å². The first-order chi connectivity index (χ1) is 9.76. The molecule has 0 saturated heterocycles. The average Bonchev–Trinajstić information content (AvgIpc) is 2.48. The fraction of sp³-hybridized carbons (Fsp3) is 0.158. The van der Waals surface area contributed by atoms with E-state index in [2.05, 4.69) is 43.3 Å². The largest absolute Gasteiger partial charge is 0.207 e. The summed E-state index contributed by atoms with van der Waals surface area (Å²) in [5.74, 6) is -0.195. The van der Waals surface area contributed by atoms with Gasteiger partial charge in [-0.25, -0.2) is 4.39 Å². The first-order valence-corrected chi connectivity index (χ1v) is 7.05. The average molecular weight is 264 g/mol. The number of halogens is 1. The summed E-state index contributed by atoms with van der Waals surface area (Å²) in [6.07, 6.45) is 2.26. The zero-order valence-corrected chi connectivity index (χ0v) is 11.6. The van der Waals surface area contributed by atoms with Crippen molar-refractivity contribution in [2.45, 2.75) is 19.8 Å². The fourth-order valence-electron chi connectivity index (χ4n) is 2.56. The Morgan fingerprint density at radius 1 is 0.750 bits per heavy atom. The van der Waals surface area contributed by atoms with Crippen LogP contribution < -0.4 is 0 Å². The van der Waals surface area contributed by atoms with Crippen LogP contribution in [0.1, 0.15) is 18.9 Å². The molecule has 0 saturated carbocycles. The van der Waals surface area contributed by atoms with E-state index in [0.29, 0.717) is 0 Å². The molecule has 20 heavy (non-hydrogen) atoms. The van der Waals surface area contributed by atoms with E-state index in [9.17, 15) is 4.39 Å². The molecule has 0 atom stereocenters. The lowest BCUT2D eigenvalue weighted by atomic mass is 9.99. The monoisotopic (exact) mass is 264 g/mol. The van der Waals surface area contributed by atoms with Crippen LogP contribution in [0, 0.1) is 5.82 Å². The third-order valence-corrected chi connectivity index (χ3v) is 3.62. The number of aryl methyl sites for hydroxylation is 1. The molecular weight excluding hydrogens is 247 g/mol. The van der Waals surface area contributed by atoms with Crippen LogP contribution >= 0.6 is 0 Å². The summed E-state index contributed by atoms with van der Waals surface area (Å²) in [4.78, 5) is 0. The molecule has 0 amide bonds. The molecule has 0 N–H and O–H groups in total. The summed E-state index contributed by atoms with van der Waals surface area (Å²) in [6.45, 7) is 2.19. The van der Waals surface area contributed by atoms with Crippen molar-refractivity contribution in [3.05, 3.63) is 72.0 Å². The van der Waals surface area contributed by atoms with Gasteiger partial charge in [0.05, 0.1) is 0 Å². The number of rotatable bonds is 3. The molecule has 0 bridgehead atoms. The van der Waals surface area contributed by atoms with Gasteiger partial charge in [0.25, 0.3) is 0 Å². The maximum absolute atomic E-state index is 13.0. The molecule has 0 spiro atoms. The molecule has 0 aliphatic carbocycles. The van der Waals surface area contributed by atoms with E-state index in [1.807, 2.05) is 12.1 Å². The van der Waals surface area contributed by atoms with E-state index >= 15 is 0 Å². The van der Waals surface area contributed by atoms with Crippen LogP contribution in [0.5, 0.6) is 0 Å². The Kier molecular flexibility index (Phi) is 3.51. The SMILES string of the molecule is CCCc1ccc2ccc(-c3ccc(F)cc3)cc2c1. The van der Waals surface area contributed by atoms with Gasteiger partial charge >= 0.3 is 0 Å². The lowest BCUT2D eigenvalue weighted by Gasteiger charge is -2.06. The zero-order valence-electron chi connectivity index (χ0n) is 11.6. The molecule has 0 unspecified atom stereocenters. The highest BCUT2D eigenvalue weighted by Gasteiger charge is 2.01. The minimum Gasteiger partial charge on any atom is -0.207 e. The third-order valence-electron chi connectivity index (χ3n) is 3.62. The van der Waals surface area contributed by atoms with Crippen LogP contribution in [0.15, 0.2) is 60.7 Å². The Morgan fingerprint density at radius 2 is 1.45 bits per heavy atom. The van der Waals surface area contributed by atoms with Crippen molar-refractivity contribution in [3.8, 4) is 11.1 Å². The predicted octanol–water partition coefficient (Wildman–Crippen LogP) is 5.60. The van der Waals surface area contributed by atoms with Crippen LogP contribution in [-0.4, -0.2) is 0 Å². The van der Waals surface area contributed by atoms with Crippen LogP contribution in [0.25, 0.3) is 21.9 Å². The van der Waals surface area contributed by atoms with E-state index in [1.54, 1.807) is 0 Å². The van der Waals surface area contributed by atoms with Gasteiger partial charge in [0.15, 0.2) is 0 Å². The highest BCUT2D eigenvalue weighted by atomic mass is 19.1. The van der Waals surface area contributed by atoms with Crippen molar-refractivity contribution in [1.29, 1.82) is 0 Å². The number of benzene rings is 3. The van der Waals surface area contributed by atoms with Gasteiger partial charge in [0.2, 0.25) is 0 Å². The predicted molar refractivity (Wildman–Crippen MR) is 83.3 cm³/mol. The van der Waals surface area contributed by atoms with Gasteiger partial charge in [-0.2, -0.15) is 0 Å². The second kappa shape index (κ2) is 5.46. The molecule has 0 radical (unpaired) electrons. The fourth-order valence-corrected chi connectivity index (χ4v) is 2.56. The van der Waals surface area contributed by atoms with Crippen molar-refractivity contribution in [1.82, 2.24) is 0 Å². The molecular formula is C19H17F. The van der Waals surface area contributed by atoms with Crippen LogP contribution in [0.4, 0.5) is 4.39 Å². The maximum Gasteiger partial charge on any atom is 0.123 e. The number of fused-ring (bicyclic) bond motifs is 1. The van der Waals surface area contributed by atoms with Crippen LogP contribution in [-0.2, 0) is 6.42 Å². The maximum atomic E-state index is 13.0. The Hall–Kier alpha value is -2.15. The molecule has 0 nitrogen and oxygen atoms in total. The normalized spacial score (nSPS) is 10.9. The lowest BCUT2D eigenvalue weighted by molar-refractivity contribution is 0.628. The van der Waals surface area contributed by atoms with Crippen LogP contribution in [0.2, 0.25) is 0 Å². The van der Waals surface area contributed by atoms with E-state index in [1.165, 1.54) is 28.5 Å². The van der Waals surface area contributed by atoms with Crippen molar-refractivity contribution < 1.29 is 4.39 Å². The quantitative estimate of drug-likeness (QED) is 0.577. The number of hydrogen-bond donors (Lipinski definition) is 0. The highest BCUT2D eigenvalue weighted by molar-refractivity contribution is 5.87. The van der Waals surface area contributed by atoms with E-state index in [4.69, 9.17) is 0 Å².